The van der Waals surface area contributed by atoms with Gasteiger partial charge in [-0.1, -0.05) is 0 Å². The number of hydrogen-bond donors (Lipinski definition) is 1. The highest BCUT2D eigenvalue weighted by atomic mass is 16.2. The highest BCUT2D eigenvalue weighted by Gasteiger charge is 2.42. The van der Waals surface area contributed by atoms with Crippen LogP contribution in [0.25, 0.3) is 0 Å². The Hall–Kier alpha value is -1.36. The summed E-state index contributed by atoms with van der Waals surface area (Å²) in [6.07, 6.45) is 11.6. The van der Waals surface area contributed by atoms with E-state index >= 15 is 0 Å². The van der Waals surface area contributed by atoms with Crippen LogP contribution < -0.4 is 5.32 Å². The van der Waals surface area contributed by atoms with Gasteiger partial charge >= 0.3 is 0 Å². The number of rotatable bonds is 6. The highest BCUT2D eigenvalue weighted by molar-refractivity contribution is 5.78. The molecule has 120 valence electrons. The Labute approximate surface area is 132 Å². The molecule has 5 heteroatoms. The summed E-state index contributed by atoms with van der Waals surface area (Å²) < 4.78 is 1.85. The molecular formula is C17H26N4O. The first-order valence-corrected chi connectivity index (χ1v) is 8.72. The normalized spacial score (nSPS) is 25.8. The molecule has 1 atom stereocenters. The molecule has 0 aromatic carbocycles. The third kappa shape index (κ3) is 3.05. The topological polar surface area (TPSA) is 50.2 Å². The Kier molecular flexibility index (Phi) is 3.68. The van der Waals surface area contributed by atoms with E-state index in [1.807, 2.05) is 17.9 Å². The number of carbonyl (C=O) groups excluding carboxylic acids is 1. The van der Waals surface area contributed by atoms with Crippen LogP contribution in [-0.2, 0) is 11.8 Å². The second-order valence-electron chi connectivity index (χ2n) is 7.34. The van der Waals surface area contributed by atoms with Gasteiger partial charge in [0, 0.05) is 30.9 Å². The van der Waals surface area contributed by atoms with Crippen LogP contribution in [-0.4, -0.2) is 39.7 Å². The standard InChI is InChI=1S/C17H26N4O/c1-20-10-14(9-18-20)15-3-2-8-21(15)11-16(22)19-17(12-4-5-12)13-6-7-13/h9-10,12-13,15,17H,2-8,11H2,1H3,(H,19,22)/t15-/m1/s1. The maximum atomic E-state index is 12.5. The third-order valence-electron chi connectivity index (χ3n) is 5.41. The maximum Gasteiger partial charge on any atom is 0.234 e. The number of carbonyl (C=O) groups is 1. The summed E-state index contributed by atoms with van der Waals surface area (Å²) >= 11 is 0. The summed E-state index contributed by atoms with van der Waals surface area (Å²) in [4.78, 5) is 14.8. The number of aryl methyl sites for hydroxylation is 1. The zero-order valence-corrected chi connectivity index (χ0v) is 13.4. The van der Waals surface area contributed by atoms with Gasteiger partial charge in [0.05, 0.1) is 12.7 Å². The van der Waals surface area contributed by atoms with E-state index in [0.29, 0.717) is 18.6 Å². The molecule has 0 radical (unpaired) electrons. The Morgan fingerprint density at radius 2 is 2.05 bits per heavy atom. The first-order chi connectivity index (χ1) is 10.7. The van der Waals surface area contributed by atoms with Gasteiger partial charge in [-0.15, -0.1) is 0 Å². The van der Waals surface area contributed by atoms with E-state index in [-0.39, 0.29) is 5.91 Å². The SMILES string of the molecule is Cn1cc([C@H]2CCCN2CC(=O)NC(C2CC2)C2CC2)cn1. The Balaban J connectivity index is 1.36. The molecule has 1 amide bonds. The molecule has 1 saturated heterocycles. The van der Waals surface area contributed by atoms with Crippen LogP contribution in [0, 0.1) is 11.8 Å². The fourth-order valence-corrected chi connectivity index (χ4v) is 3.95. The predicted molar refractivity (Wildman–Crippen MR) is 84.1 cm³/mol. The van der Waals surface area contributed by atoms with Crippen molar-refractivity contribution in [1.29, 1.82) is 0 Å². The van der Waals surface area contributed by atoms with Gasteiger partial charge in [0.25, 0.3) is 0 Å². The second kappa shape index (κ2) is 5.69. The monoisotopic (exact) mass is 302 g/mol. The zero-order chi connectivity index (χ0) is 15.1. The van der Waals surface area contributed by atoms with Crippen LogP contribution in [0.3, 0.4) is 0 Å². The molecule has 0 spiro atoms. The van der Waals surface area contributed by atoms with E-state index in [2.05, 4.69) is 21.5 Å². The number of amides is 1. The second-order valence-corrected chi connectivity index (χ2v) is 7.34. The van der Waals surface area contributed by atoms with Gasteiger partial charge in [-0.2, -0.15) is 5.10 Å². The quantitative estimate of drug-likeness (QED) is 0.872. The minimum absolute atomic E-state index is 0.222. The summed E-state index contributed by atoms with van der Waals surface area (Å²) in [6.45, 7) is 1.56. The van der Waals surface area contributed by atoms with Gasteiger partial charge in [0.2, 0.25) is 5.91 Å². The molecule has 1 aliphatic heterocycles. The van der Waals surface area contributed by atoms with Crippen LogP contribution in [0.15, 0.2) is 12.4 Å². The van der Waals surface area contributed by atoms with Gasteiger partial charge in [-0.3, -0.25) is 14.4 Å². The Morgan fingerprint density at radius 3 is 2.64 bits per heavy atom. The molecule has 2 saturated carbocycles. The van der Waals surface area contributed by atoms with E-state index in [4.69, 9.17) is 0 Å². The molecule has 2 heterocycles. The highest BCUT2D eigenvalue weighted by Crippen LogP contribution is 2.44. The van der Waals surface area contributed by atoms with Crippen molar-refractivity contribution < 1.29 is 4.79 Å². The van der Waals surface area contributed by atoms with Crippen molar-refractivity contribution >= 4 is 5.91 Å². The van der Waals surface area contributed by atoms with Gasteiger partial charge in [-0.05, 0) is 56.9 Å². The summed E-state index contributed by atoms with van der Waals surface area (Å²) in [5.41, 5.74) is 1.24. The average Bonchev–Trinajstić information content (AvgIpc) is 3.41. The summed E-state index contributed by atoms with van der Waals surface area (Å²) in [7, 11) is 1.95. The van der Waals surface area contributed by atoms with Gasteiger partial charge < -0.3 is 5.32 Å². The largest absolute Gasteiger partial charge is 0.352 e. The maximum absolute atomic E-state index is 12.5. The molecule has 3 aliphatic rings. The smallest absolute Gasteiger partial charge is 0.234 e. The Morgan fingerprint density at radius 1 is 1.32 bits per heavy atom. The van der Waals surface area contributed by atoms with E-state index in [9.17, 15) is 4.79 Å². The van der Waals surface area contributed by atoms with E-state index in [0.717, 1.165) is 24.8 Å². The van der Waals surface area contributed by atoms with Crippen molar-refractivity contribution in [1.82, 2.24) is 20.0 Å². The molecule has 1 aromatic rings. The first kappa shape index (κ1) is 14.2. The van der Waals surface area contributed by atoms with E-state index in [1.165, 1.54) is 37.7 Å². The zero-order valence-electron chi connectivity index (χ0n) is 13.4. The van der Waals surface area contributed by atoms with Crippen molar-refractivity contribution in [2.24, 2.45) is 18.9 Å². The van der Waals surface area contributed by atoms with E-state index in [1.54, 1.807) is 0 Å². The third-order valence-corrected chi connectivity index (χ3v) is 5.41. The number of aromatic nitrogens is 2. The molecule has 1 aromatic heterocycles. The van der Waals surface area contributed by atoms with Crippen molar-refractivity contribution in [3.05, 3.63) is 18.0 Å². The van der Waals surface area contributed by atoms with Crippen LogP contribution in [0.1, 0.15) is 50.1 Å². The lowest BCUT2D eigenvalue weighted by molar-refractivity contribution is -0.123. The van der Waals surface area contributed by atoms with Gasteiger partial charge in [-0.25, -0.2) is 0 Å². The number of likely N-dealkylation sites (tertiary alicyclic amines) is 1. The van der Waals surface area contributed by atoms with Crippen LogP contribution >= 0.6 is 0 Å². The molecule has 5 nitrogen and oxygen atoms in total. The molecule has 2 aliphatic carbocycles. The molecular weight excluding hydrogens is 276 g/mol. The fraction of sp³-hybridized carbons (Fsp3) is 0.765. The minimum atomic E-state index is 0.222. The molecule has 3 fully saturated rings. The number of nitrogens with one attached hydrogen (secondary N) is 1. The molecule has 0 unspecified atom stereocenters. The van der Waals surface area contributed by atoms with Crippen molar-refractivity contribution in [3.63, 3.8) is 0 Å². The summed E-state index contributed by atoms with van der Waals surface area (Å²) in [6, 6.07) is 0.826. The lowest BCUT2D eigenvalue weighted by Crippen LogP contribution is -2.43. The lowest BCUT2D eigenvalue weighted by atomic mass is 10.1. The molecule has 4 rings (SSSR count). The molecule has 1 N–H and O–H groups in total. The molecule has 0 bridgehead atoms. The van der Waals surface area contributed by atoms with E-state index < -0.39 is 0 Å². The first-order valence-electron chi connectivity index (χ1n) is 8.72. The summed E-state index contributed by atoms with van der Waals surface area (Å²) in [5.74, 6) is 1.76. The van der Waals surface area contributed by atoms with Crippen molar-refractivity contribution in [3.8, 4) is 0 Å². The van der Waals surface area contributed by atoms with Crippen LogP contribution in [0.5, 0.6) is 0 Å². The number of hydrogen-bond acceptors (Lipinski definition) is 3. The fourth-order valence-electron chi connectivity index (χ4n) is 3.95. The molecule has 22 heavy (non-hydrogen) atoms. The predicted octanol–water partition coefficient (Wildman–Crippen LogP) is 1.86. The van der Waals surface area contributed by atoms with Gasteiger partial charge in [0.1, 0.15) is 0 Å². The van der Waals surface area contributed by atoms with Gasteiger partial charge in [0.15, 0.2) is 0 Å². The average molecular weight is 302 g/mol. The van der Waals surface area contributed by atoms with Crippen molar-refractivity contribution in [2.45, 2.75) is 50.6 Å². The number of nitrogens with zero attached hydrogens (tertiary/aromatic N) is 3. The Bertz CT molecular complexity index is 535. The minimum Gasteiger partial charge on any atom is -0.352 e. The van der Waals surface area contributed by atoms with Crippen LogP contribution in [0.4, 0.5) is 0 Å². The lowest BCUT2D eigenvalue weighted by Gasteiger charge is -2.25. The van der Waals surface area contributed by atoms with Crippen molar-refractivity contribution in [2.75, 3.05) is 13.1 Å². The summed E-state index contributed by atoms with van der Waals surface area (Å²) in [5, 5.41) is 7.62. The van der Waals surface area contributed by atoms with Crippen LogP contribution in [0.2, 0.25) is 0 Å².